The number of carbonyl (C=O) groups excluding carboxylic acids is 1. The van der Waals surface area contributed by atoms with E-state index in [0.717, 1.165) is 43.1 Å². The van der Waals surface area contributed by atoms with Crippen molar-refractivity contribution >= 4 is 5.91 Å². The summed E-state index contributed by atoms with van der Waals surface area (Å²) in [5.74, 6) is 1.53. The Morgan fingerprint density at radius 3 is 2.88 bits per heavy atom. The average molecular weight is 337 g/mol. The normalized spacial score (nSPS) is 13.9. The Kier molecular flexibility index (Phi) is 4.24. The molecule has 0 unspecified atom stereocenters. The molecule has 25 heavy (non-hydrogen) atoms. The van der Waals surface area contributed by atoms with E-state index >= 15 is 0 Å². The van der Waals surface area contributed by atoms with Crippen molar-refractivity contribution in [3.63, 3.8) is 0 Å². The van der Waals surface area contributed by atoms with Gasteiger partial charge in [0.15, 0.2) is 11.5 Å². The molecule has 0 radical (unpaired) electrons. The predicted molar refractivity (Wildman–Crippen MR) is 90.1 cm³/mol. The van der Waals surface area contributed by atoms with E-state index in [9.17, 15) is 4.79 Å². The van der Waals surface area contributed by atoms with E-state index in [1.165, 1.54) is 17.4 Å². The Bertz CT molecular complexity index is 868. The topological polar surface area (TPSA) is 90.5 Å². The van der Waals surface area contributed by atoms with E-state index < -0.39 is 0 Å². The molecule has 4 rings (SSSR count). The number of benzene rings is 1. The zero-order chi connectivity index (χ0) is 17.1. The van der Waals surface area contributed by atoms with Crippen molar-refractivity contribution in [1.82, 2.24) is 35.1 Å². The van der Waals surface area contributed by atoms with Gasteiger partial charge in [-0.1, -0.05) is 24.6 Å². The van der Waals surface area contributed by atoms with Gasteiger partial charge in [-0.05, 0) is 25.0 Å². The third-order valence-corrected chi connectivity index (χ3v) is 4.30. The molecule has 0 fully saturated rings. The van der Waals surface area contributed by atoms with Gasteiger partial charge < -0.3 is 9.88 Å². The minimum atomic E-state index is -0.270. The van der Waals surface area contributed by atoms with Crippen LogP contribution < -0.4 is 5.32 Å². The summed E-state index contributed by atoms with van der Waals surface area (Å²) in [6, 6.07) is 9.48. The van der Waals surface area contributed by atoms with Crippen LogP contribution in [-0.4, -0.2) is 35.7 Å². The molecule has 3 heterocycles. The van der Waals surface area contributed by atoms with Crippen LogP contribution in [-0.2, 0) is 19.5 Å². The van der Waals surface area contributed by atoms with Gasteiger partial charge in [0.05, 0.1) is 18.4 Å². The van der Waals surface area contributed by atoms with Gasteiger partial charge >= 0.3 is 0 Å². The number of hydrogen-bond donors (Lipinski definition) is 1. The number of aromatic nitrogens is 6. The maximum Gasteiger partial charge on any atom is 0.273 e. The summed E-state index contributed by atoms with van der Waals surface area (Å²) in [7, 11) is 0. The first-order chi connectivity index (χ1) is 12.3. The summed E-state index contributed by atoms with van der Waals surface area (Å²) in [4.78, 5) is 13.8. The fourth-order valence-electron chi connectivity index (χ4n) is 2.98. The summed E-state index contributed by atoms with van der Waals surface area (Å²) < 4.78 is 2.12. The molecular formula is C17H19N7O. The Balaban J connectivity index is 1.43. The SMILES string of the molecule is O=C(NCc1nnc2n1CCCCC2)c1cnn(-c2ccccc2)n1. The third-order valence-electron chi connectivity index (χ3n) is 4.30. The summed E-state index contributed by atoms with van der Waals surface area (Å²) in [6.45, 7) is 1.25. The second-order valence-electron chi connectivity index (χ2n) is 6.03. The number of amides is 1. The lowest BCUT2D eigenvalue weighted by atomic mass is 10.2. The van der Waals surface area contributed by atoms with Crippen molar-refractivity contribution in [2.75, 3.05) is 0 Å². The fourth-order valence-corrected chi connectivity index (χ4v) is 2.98. The van der Waals surface area contributed by atoms with Crippen molar-refractivity contribution in [2.45, 2.75) is 38.8 Å². The Morgan fingerprint density at radius 2 is 2.00 bits per heavy atom. The van der Waals surface area contributed by atoms with Crippen LogP contribution >= 0.6 is 0 Å². The van der Waals surface area contributed by atoms with Gasteiger partial charge in [0, 0.05) is 13.0 Å². The molecule has 0 atom stereocenters. The van der Waals surface area contributed by atoms with Crippen LogP contribution in [0.25, 0.3) is 5.69 Å². The molecule has 0 saturated heterocycles. The quantitative estimate of drug-likeness (QED) is 0.779. The molecule has 1 amide bonds. The first kappa shape index (κ1) is 15.5. The van der Waals surface area contributed by atoms with E-state index in [2.05, 4.69) is 30.3 Å². The lowest BCUT2D eigenvalue weighted by Gasteiger charge is -2.07. The molecule has 1 aliphatic heterocycles. The number of nitrogens with one attached hydrogen (secondary N) is 1. The highest BCUT2D eigenvalue weighted by atomic mass is 16.2. The Morgan fingerprint density at radius 1 is 1.12 bits per heavy atom. The zero-order valence-electron chi connectivity index (χ0n) is 13.8. The number of rotatable bonds is 4. The van der Waals surface area contributed by atoms with E-state index in [1.54, 1.807) is 0 Å². The molecule has 8 heteroatoms. The molecule has 1 aromatic carbocycles. The number of aryl methyl sites for hydroxylation is 1. The number of carbonyl (C=O) groups is 1. The smallest absolute Gasteiger partial charge is 0.273 e. The van der Waals surface area contributed by atoms with Crippen LogP contribution in [0.15, 0.2) is 36.5 Å². The van der Waals surface area contributed by atoms with Crippen LogP contribution in [0.1, 0.15) is 41.4 Å². The predicted octanol–water partition coefficient (Wildman–Crippen LogP) is 1.52. The Labute approximate surface area is 144 Å². The minimum absolute atomic E-state index is 0.270. The summed E-state index contributed by atoms with van der Waals surface area (Å²) in [6.07, 6.45) is 5.89. The molecule has 128 valence electrons. The molecule has 1 N–H and O–H groups in total. The van der Waals surface area contributed by atoms with Crippen molar-refractivity contribution in [1.29, 1.82) is 0 Å². The largest absolute Gasteiger partial charge is 0.343 e. The van der Waals surface area contributed by atoms with E-state index in [-0.39, 0.29) is 11.6 Å². The highest BCUT2D eigenvalue weighted by Gasteiger charge is 2.16. The standard InChI is InChI=1S/C17H19N7O/c25-17(14-11-19-24(22-14)13-7-3-1-4-8-13)18-12-16-21-20-15-9-5-2-6-10-23(15)16/h1,3-4,7-8,11H,2,5-6,9-10,12H2,(H,18,25). The van der Waals surface area contributed by atoms with Crippen molar-refractivity contribution in [3.8, 4) is 5.69 Å². The minimum Gasteiger partial charge on any atom is -0.343 e. The summed E-state index contributed by atoms with van der Waals surface area (Å²) in [5.41, 5.74) is 1.09. The van der Waals surface area contributed by atoms with Gasteiger partial charge in [-0.15, -0.1) is 15.3 Å². The zero-order valence-corrected chi connectivity index (χ0v) is 13.8. The van der Waals surface area contributed by atoms with Gasteiger partial charge in [-0.2, -0.15) is 9.90 Å². The highest BCUT2D eigenvalue weighted by Crippen LogP contribution is 2.14. The van der Waals surface area contributed by atoms with Crippen molar-refractivity contribution in [2.24, 2.45) is 0 Å². The second kappa shape index (κ2) is 6.84. The summed E-state index contributed by atoms with van der Waals surface area (Å²) in [5, 5.41) is 19.7. The maximum atomic E-state index is 12.3. The maximum absolute atomic E-state index is 12.3. The van der Waals surface area contributed by atoms with Crippen LogP contribution in [0.2, 0.25) is 0 Å². The van der Waals surface area contributed by atoms with Gasteiger partial charge in [0.25, 0.3) is 5.91 Å². The number of para-hydroxylation sites is 1. The molecule has 2 aromatic heterocycles. The van der Waals surface area contributed by atoms with Crippen LogP contribution in [0.3, 0.4) is 0 Å². The van der Waals surface area contributed by atoms with Crippen LogP contribution in [0.4, 0.5) is 0 Å². The van der Waals surface area contributed by atoms with Crippen LogP contribution in [0, 0.1) is 0 Å². The molecule has 0 spiro atoms. The lowest BCUT2D eigenvalue weighted by molar-refractivity contribution is 0.0944. The average Bonchev–Trinajstić information content (AvgIpc) is 3.22. The van der Waals surface area contributed by atoms with E-state index in [1.807, 2.05) is 30.3 Å². The molecule has 1 aliphatic rings. The number of nitrogens with zero attached hydrogens (tertiary/aromatic N) is 6. The van der Waals surface area contributed by atoms with E-state index in [4.69, 9.17) is 0 Å². The van der Waals surface area contributed by atoms with Crippen LogP contribution in [0.5, 0.6) is 0 Å². The highest BCUT2D eigenvalue weighted by molar-refractivity contribution is 5.91. The monoisotopic (exact) mass is 337 g/mol. The third kappa shape index (κ3) is 3.28. The van der Waals surface area contributed by atoms with E-state index in [0.29, 0.717) is 6.54 Å². The summed E-state index contributed by atoms with van der Waals surface area (Å²) >= 11 is 0. The Hall–Kier alpha value is -3.03. The molecule has 8 nitrogen and oxygen atoms in total. The molecule has 0 bridgehead atoms. The fraction of sp³-hybridized carbons (Fsp3) is 0.353. The first-order valence-electron chi connectivity index (χ1n) is 8.48. The van der Waals surface area contributed by atoms with Gasteiger partial charge in [-0.25, -0.2) is 0 Å². The van der Waals surface area contributed by atoms with Crippen molar-refractivity contribution < 1.29 is 4.79 Å². The van der Waals surface area contributed by atoms with Gasteiger partial charge in [0.2, 0.25) is 0 Å². The number of hydrogen-bond acceptors (Lipinski definition) is 5. The van der Waals surface area contributed by atoms with Gasteiger partial charge in [0.1, 0.15) is 5.82 Å². The van der Waals surface area contributed by atoms with Gasteiger partial charge in [-0.3, -0.25) is 4.79 Å². The number of fused-ring (bicyclic) bond motifs is 1. The second-order valence-corrected chi connectivity index (χ2v) is 6.03. The molecule has 3 aromatic rings. The molecular weight excluding hydrogens is 318 g/mol. The molecule has 0 aliphatic carbocycles. The molecule has 0 saturated carbocycles. The lowest BCUT2D eigenvalue weighted by Crippen LogP contribution is -2.25. The van der Waals surface area contributed by atoms with Crippen molar-refractivity contribution in [3.05, 3.63) is 53.9 Å². The first-order valence-corrected chi connectivity index (χ1v) is 8.48.